The van der Waals surface area contributed by atoms with Crippen LogP contribution in [0.15, 0.2) is 15.9 Å². The highest BCUT2D eigenvalue weighted by Crippen LogP contribution is 2.32. The minimum atomic E-state index is 0.785. The van der Waals surface area contributed by atoms with Gasteiger partial charge in [0.15, 0.2) is 0 Å². The Morgan fingerprint density at radius 1 is 1.37 bits per heavy atom. The molecule has 3 heterocycles. The zero-order valence-electron chi connectivity index (χ0n) is 11.6. The average molecular weight is 343 g/mol. The van der Waals surface area contributed by atoms with Gasteiger partial charge in [-0.3, -0.25) is 4.90 Å². The Morgan fingerprint density at radius 3 is 2.68 bits per heavy atom. The summed E-state index contributed by atoms with van der Waals surface area (Å²) in [5.74, 6) is 0. The topological polar surface area (TPSA) is 15.3 Å². The van der Waals surface area contributed by atoms with Crippen molar-refractivity contribution in [3.05, 3.63) is 20.8 Å². The number of hydrogen-bond acceptors (Lipinski definition) is 3. The highest BCUT2D eigenvalue weighted by molar-refractivity contribution is 9.10. The number of piperidine rings is 1. The summed E-state index contributed by atoms with van der Waals surface area (Å²) >= 11 is 5.56. The third-order valence-electron chi connectivity index (χ3n) is 4.51. The first-order chi connectivity index (χ1) is 9.26. The summed E-state index contributed by atoms with van der Waals surface area (Å²) in [5.41, 5.74) is 0. The van der Waals surface area contributed by atoms with Gasteiger partial charge in [0.05, 0.1) is 0 Å². The predicted octanol–water partition coefficient (Wildman–Crippen LogP) is 4.01. The number of halogens is 1. The molecule has 1 aromatic rings. The van der Waals surface area contributed by atoms with Crippen LogP contribution in [0.1, 0.15) is 43.9 Å². The molecule has 2 fully saturated rings. The van der Waals surface area contributed by atoms with E-state index in [1.165, 1.54) is 48.0 Å². The Bertz CT molecular complexity index is 408. The molecule has 0 amide bonds. The van der Waals surface area contributed by atoms with Crippen molar-refractivity contribution in [1.82, 2.24) is 10.2 Å². The molecule has 106 valence electrons. The van der Waals surface area contributed by atoms with Gasteiger partial charge in [-0.25, -0.2) is 0 Å². The van der Waals surface area contributed by atoms with Crippen molar-refractivity contribution >= 4 is 27.3 Å². The van der Waals surface area contributed by atoms with Crippen molar-refractivity contribution in [1.29, 1.82) is 0 Å². The van der Waals surface area contributed by atoms with Gasteiger partial charge in [0.2, 0.25) is 0 Å². The van der Waals surface area contributed by atoms with Gasteiger partial charge in [-0.1, -0.05) is 6.92 Å². The maximum absolute atomic E-state index is 3.75. The number of rotatable bonds is 5. The maximum atomic E-state index is 3.75. The molecule has 0 radical (unpaired) electrons. The van der Waals surface area contributed by atoms with Gasteiger partial charge in [-0.05, 0) is 66.0 Å². The maximum Gasteiger partial charge on any atom is 0.0342 e. The van der Waals surface area contributed by atoms with Crippen molar-refractivity contribution in [3.8, 4) is 0 Å². The standard InChI is InChI=1S/C15H23BrN2S/c1-2-6-18(10-15-14(16)5-7-19-15)13-8-11-3-4-12(9-13)17-11/h5,7,11-13,17H,2-4,6,8-10H2,1H3. The Hall–Kier alpha value is 0.1000. The van der Waals surface area contributed by atoms with E-state index in [9.17, 15) is 0 Å². The number of nitrogens with zero attached hydrogens (tertiary/aromatic N) is 1. The van der Waals surface area contributed by atoms with E-state index in [4.69, 9.17) is 0 Å². The smallest absolute Gasteiger partial charge is 0.0342 e. The lowest BCUT2D eigenvalue weighted by atomic mass is 9.98. The van der Waals surface area contributed by atoms with Crippen molar-refractivity contribution in [2.45, 2.75) is 63.7 Å². The average Bonchev–Trinajstić information content (AvgIpc) is 2.95. The molecule has 0 aromatic carbocycles. The van der Waals surface area contributed by atoms with Crippen LogP contribution in [0.3, 0.4) is 0 Å². The summed E-state index contributed by atoms with van der Waals surface area (Å²) in [7, 11) is 0. The quantitative estimate of drug-likeness (QED) is 0.869. The van der Waals surface area contributed by atoms with Gasteiger partial charge in [-0.15, -0.1) is 11.3 Å². The number of hydrogen-bond donors (Lipinski definition) is 1. The Balaban J connectivity index is 1.68. The fourth-order valence-corrected chi connectivity index (χ4v) is 5.13. The van der Waals surface area contributed by atoms with Gasteiger partial charge in [-0.2, -0.15) is 0 Å². The lowest BCUT2D eigenvalue weighted by molar-refractivity contribution is 0.135. The number of nitrogens with one attached hydrogen (secondary N) is 1. The number of thiophene rings is 1. The lowest BCUT2D eigenvalue weighted by Crippen LogP contribution is -2.48. The van der Waals surface area contributed by atoms with E-state index in [1.807, 2.05) is 11.3 Å². The molecule has 2 bridgehead atoms. The molecule has 2 aliphatic heterocycles. The molecule has 2 aliphatic rings. The first kappa shape index (κ1) is 14.1. The first-order valence-corrected chi connectivity index (χ1v) is 9.15. The molecule has 4 heteroatoms. The molecule has 2 nitrogen and oxygen atoms in total. The van der Waals surface area contributed by atoms with Crippen LogP contribution in [0.2, 0.25) is 0 Å². The molecule has 2 saturated heterocycles. The van der Waals surface area contributed by atoms with E-state index >= 15 is 0 Å². The summed E-state index contributed by atoms with van der Waals surface area (Å²) in [4.78, 5) is 4.21. The lowest BCUT2D eigenvalue weighted by Gasteiger charge is -2.37. The molecule has 3 rings (SSSR count). The van der Waals surface area contributed by atoms with Crippen molar-refractivity contribution in [3.63, 3.8) is 0 Å². The highest BCUT2D eigenvalue weighted by atomic mass is 79.9. The third kappa shape index (κ3) is 3.23. The summed E-state index contributed by atoms with van der Waals surface area (Å²) in [6.07, 6.45) is 6.73. The van der Waals surface area contributed by atoms with Gasteiger partial charge < -0.3 is 5.32 Å². The van der Waals surface area contributed by atoms with Crippen LogP contribution in [-0.4, -0.2) is 29.6 Å². The molecular weight excluding hydrogens is 320 g/mol. The van der Waals surface area contributed by atoms with Crippen LogP contribution < -0.4 is 5.32 Å². The van der Waals surface area contributed by atoms with Crippen molar-refractivity contribution in [2.24, 2.45) is 0 Å². The molecule has 1 aromatic heterocycles. The minimum absolute atomic E-state index is 0.785. The van der Waals surface area contributed by atoms with Crippen LogP contribution in [-0.2, 0) is 6.54 Å². The summed E-state index contributed by atoms with van der Waals surface area (Å²) in [5, 5.41) is 5.94. The zero-order valence-corrected chi connectivity index (χ0v) is 14.0. The Kier molecular flexibility index (Phi) is 4.62. The SMILES string of the molecule is CCCN(Cc1sccc1Br)C1CC2CCC(C1)N2. The molecule has 2 unspecified atom stereocenters. The van der Waals surface area contributed by atoms with Crippen LogP contribution >= 0.6 is 27.3 Å². The molecule has 0 spiro atoms. The summed E-state index contributed by atoms with van der Waals surface area (Å²) < 4.78 is 1.29. The third-order valence-corrected chi connectivity index (χ3v) is 6.42. The molecule has 2 atom stereocenters. The van der Waals surface area contributed by atoms with Crippen molar-refractivity contribution in [2.75, 3.05) is 6.54 Å². The predicted molar refractivity (Wildman–Crippen MR) is 85.7 cm³/mol. The second-order valence-corrected chi connectivity index (χ2v) is 7.78. The van der Waals surface area contributed by atoms with E-state index in [-0.39, 0.29) is 0 Å². The Labute approximate surface area is 128 Å². The monoisotopic (exact) mass is 342 g/mol. The molecule has 0 aliphatic carbocycles. The van der Waals surface area contributed by atoms with E-state index in [0.29, 0.717) is 0 Å². The molecule has 1 N–H and O–H groups in total. The normalized spacial score (nSPS) is 30.2. The van der Waals surface area contributed by atoms with Gasteiger partial charge in [0.1, 0.15) is 0 Å². The fraction of sp³-hybridized carbons (Fsp3) is 0.733. The summed E-state index contributed by atoms with van der Waals surface area (Å²) in [6.45, 7) is 4.65. The van der Waals surface area contributed by atoms with Gasteiger partial charge in [0.25, 0.3) is 0 Å². The molecule has 0 saturated carbocycles. The van der Waals surface area contributed by atoms with Crippen LogP contribution in [0.4, 0.5) is 0 Å². The zero-order chi connectivity index (χ0) is 13.2. The molecular formula is C15H23BrN2S. The second kappa shape index (κ2) is 6.25. The van der Waals surface area contributed by atoms with E-state index in [2.05, 4.69) is 44.5 Å². The van der Waals surface area contributed by atoms with Crippen molar-refractivity contribution < 1.29 is 0 Å². The van der Waals surface area contributed by atoms with Gasteiger partial charge >= 0.3 is 0 Å². The largest absolute Gasteiger partial charge is 0.311 e. The van der Waals surface area contributed by atoms with E-state index < -0.39 is 0 Å². The number of fused-ring (bicyclic) bond motifs is 2. The Morgan fingerprint density at radius 2 is 2.11 bits per heavy atom. The molecule has 19 heavy (non-hydrogen) atoms. The van der Waals surface area contributed by atoms with Crippen LogP contribution in [0.5, 0.6) is 0 Å². The van der Waals surface area contributed by atoms with E-state index in [0.717, 1.165) is 24.7 Å². The minimum Gasteiger partial charge on any atom is -0.311 e. The van der Waals surface area contributed by atoms with Gasteiger partial charge in [0, 0.05) is 34.0 Å². The summed E-state index contributed by atoms with van der Waals surface area (Å²) in [6, 6.07) is 4.54. The fourth-order valence-electron chi connectivity index (χ4n) is 3.63. The van der Waals surface area contributed by atoms with Crippen LogP contribution in [0, 0.1) is 0 Å². The second-order valence-electron chi connectivity index (χ2n) is 5.93. The first-order valence-electron chi connectivity index (χ1n) is 7.48. The van der Waals surface area contributed by atoms with E-state index in [1.54, 1.807) is 0 Å². The van der Waals surface area contributed by atoms with Crippen LogP contribution in [0.25, 0.3) is 0 Å². The highest BCUT2D eigenvalue weighted by Gasteiger charge is 2.35.